The van der Waals surface area contributed by atoms with Gasteiger partial charge in [0.05, 0.1) is 29.5 Å². The van der Waals surface area contributed by atoms with E-state index in [9.17, 15) is 0 Å². The zero-order valence-electron chi connectivity index (χ0n) is 11.4. The Kier molecular flexibility index (Phi) is 5.95. The molecule has 1 aromatic carbocycles. The number of methoxy groups -OCH3 is 1. The summed E-state index contributed by atoms with van der Waals surface area (Å²) < 4.78 is 11.3. The van der Waals surface area contributed by atoms with E-state index in [0.29, 0.717) is 18.8 Å². The van der Waals surface area contributed by atoms with E-state index < -0.39 is 0 Å². The second-order valence-electron chi connectivity index (χ2n) is 4.92. The van der Waals surface area contributed by atoms with Gasteiger partial charge >= 0.3 is 0 Å². The number of para-hydroxylation sites is 1. The van der Waals surface area contributed by atoms with Crippen molar-refractivity contribution in [3.05, 3.63) is 29.3 Å². The number of benzene rings is 1. The molecule has 1 N–H and O–H groups in total. The molecule has 0 bridgehead atoms. The van der Waals surface area contributed by atoms with Gasteiger partial charge in [-0.25, -0.2) is 0 Å². The third kappa shape index (κ3) is 4.68. The van der Waals surface area contributed by atoms with Crippen LogP contribution in [0.2, 0.25) is 5.02 Å². The number of nitrogens with one attached hydrogen (secondary N) is 1. The van der Waals surface area contributed by atoms with Gasteiger partial charge in [-0.1, -0.05) is 23.7 Å². The standard InChI is InChI=1S/C15H22ClNO2/c1-18-12-5-4-6-13(11-12)19-10-9-17-15-8-3-2-7-14(15)16/h2-3,7-8,12-13,17H,4-6,9-11H2,1H3. The van der Waals surface area contributed by atoms with E-state index in [0.717, 1.165) is 36.5 Å². The average Bonchev–Trinajstić information content (AvgIpc) is 2.45. The fourth-order valence-corrected chi connectivity index (χ4v) is 2.69. The fraction of sp³-hybridized carbons (Fsp3) is 0.600. The lowest BCUT2D eigenvalue weighted by Crippen LogP contribution is -2.28. The number of halogens is 1. The monoisotopic (exact) mass is 283 g/mol. The van der Waals surface area contributed by atoms with E-state index in [2.05, 4.69) is 5.32 Å². The summed E-state index contributed by atoms with van der Waals surface area (Å²) >= 11 is 6.07. The van der Waals surface area contributed by atoms with E-state index in [1.54, 1.807) is 7.11 Å². The zero-order chi connectivity index (χ0) is 13.5. The van der Waals surface area contributed by atoms with Crippen LogP contribution in [0.5, 0.6) is 0 Å². The second-order valence-corrected chi connectivity index (χ2v) is 5.33. The highest BCUT2D eigenvalue weighted by Gasteiger charge is 2.21. The van der Waals surface area contributed by atoms with Gasteiger partial charge < -0.3 is 14.8 Å². The minimum atomic E-state index is 0.340. The third-order valence-electron chi connectivity index (χ3n) is 3.56. The van der Waals surface area contributed by atoms with Gasteiger partial charge in [0, 0.05) is 13.7 Å². The molecule has 0 spiro atoms. The maximum Gasteiger partial charge on any atom is 0.0642 e. The van der Waals surface area contributed by atoms with Crippen molar-refractivity contribution in [1.82, 2.24) is 0 Å². The van der Waals surface area contributed by atoms with E-state index in [4.69, 9.17) is 21.1 Å². The first-order valence-corrected chi connectivity index (χ1v) is 7.30. The molecule has 0 saturated heterocycles. The topological polar surface area (TPSA) is 30.5 Å². The van der Waals surface area contributed by atoms with Crippen LogP contribution in [0.25, 0.3) is 0 Å². The molecule has 0 aliphatic heterocycles. The van der Waals surface area contributed by atoms with Crippen LogP contribution in [-0.2, 0) is 9.47 Å². The van der Waals surface area contributed by atoms with Crippen molar-refractivity contribution in [2.24, 2.45) is 0 Å². The van der Waals surface area contributed by atoms with Crippen LogP contribution < -0.4 is 5.32 Å². The lowest BCUT2D eigenvalue weighted by molar-refractivity contribution is -0.0261. The Morgan fingerprint density at radius 3 is 2.84 bits per heavy atom. The van der Waals surface area contributed by atoms with Gasteiger partial charge in [0.25, 0.3) is 0 Å². The number of anilines is 1. The fourth-order valence-electron chi connectivity index (χ4n) is 2.48. The molecule has 106 valence electrons. The van der Waals surface area contributed by atoms with Crippen LogP contribution in [0.15, 0.2) is 24.3 Å². The summed E-state index contributed by atoms with van der Waals surface area (Å²) in [5.41, 5.74) is 0.964. The van der Waals surface area contributed by atoms with Crippen molar-refractivity contribution in [2.75, 3.05) is 25.6 Å². The summed E-state index contributed by atoms with van der Waals surface area (Å²) in [7, 11) is 1.78. The smallest absolute Gasteiger partial charge is 0.0642 e. The second kappa shape index (κ2) is 7.73. The highest BCUT2D eigenvalue weighted by atomic mass is 35.5. The van der Waals surface area contributed by atoms with Crippen LogP contribution >= 0.6 is 11.6 Å². The van der Waals surface area contributed by atoms with Crippen molar-refractivity contribution in [1.29, 1.82) is 0 Å². The minimum absolute atomic E-state index is 0.340. The zero-order valence-corrected chi connectivity index (χ0v) is 12.2. The van der Waals surface area contributed by atoms with Crippen molar-refractivity contribution < 1.29 is 9.47 Å². The molecular weight excluding hydrogens is 262 g/mol. The molecule has 4 heteroatoms. The Hall–Kier alpha value is -0.770. The Morgan fingerprint density at radius 2 is 2.05 bits per heavy atom. The number of hydrogen-bond donors (Lipinski definition) is 1. The van der Waals surface area contributed by atoms with Crippen LogP contribution in [0.3, 0.4) is 0 Å². The van der Waals surface area contributed by atoms with Crippen LogP contribution in [0, 0.1) is 0 Å². The molecule has 1 saturated carbocycles. The molecule has 0 aromatic heterocycles. The van der Waals surface area contributed by atoms with Crippen LogP contribution in [0.4, 0.5) is 5.69 Å². The van der Waals surface area contributed by atoms with Crippen molar-refractivity contribution in [2.45, 2.75) is 37.9 Å². The van der Waals surface area contributed by atoms with Crippen molar-refractivity contribution >= 4 is 17.3 Å². The molecule has 1 fully saturated rings. The summed E-state index contributed by atoms with van der Waals surface area (Å²) in [6.45, 7) is 1.48. The molecule has 3 nitrogen and oxygen atoms in total. The molecule has 2 rings (SSSR count). The highest BCUT2D eigenvalue weighted by molar-refractivity contribution is 6.33. The summed E-state index contributed by atoms with van der Waals surface area (Å²) in [4.78, 5) is 0. The van der Waals surface area contributed by atoms with E-state index in [1.165, 1.54) is 6.42 Å². The number of ether oxygens (including phenoxy) is 2. The molecule has 0 radical (unpaired) electrons. The van der Waals surface area contributed by atoms with Gasteiger partial charge in [-0.15, -0.1) is 0 Å². The van der Waals surface area contributed by atoms with Gasteiger partial charge in [-0.2, -0.15) is 0 Å². The van der Waals surface area contributed by atoms with E-state index in [-0.39, 0.29) is 0 Å². The Labute approximate surface area is 120 Å². The quantitative estimate of drug-likeness (QED) is 0.807. The predicted molar refractivity (Wildman–Crippen MR) is 78.9 cm³/mol. The average molecular weight is 284 g/mol. The SMILES string of the molecule is COC1CCCC(OCCNc2ccccc2Cl)C1. The summed E-state index contributed by atoms with van der Waals surface area (Å²) in [5.74, 6) is 0. The molecule has 1 aliphatic carbocycles. The first kappa shape index (κ1) is 14.6. The molecule has 19 heavy (non-hydrogen) atoms. The van der Waals surface area contributed by atoms with E-state index in [1.807, 2.05) is 24.3 Å². The molecule has 1 aromatic rings. The third-order valence-corrected chi connectivity index (χ3v) is 3.89. The maximum atomic E-state index is 6.07. The van der Waals surface area contributed by atoms with Gasteiger partial charge in [-0.3, -0.25) is 0 Å². The lowest BCUT2D eigenvalue weighted by Gasteiger charge is -2.28. The molecule has 2 atom stereocenters. The Bertz CT molecular complexity index is 386. The van der Waals surface area contributed by atoms with E-state index >= 15 is 0 Å². The number of rotatable bonds is 6. The van der Waals surface area contributed by atoms with Gasteiger partial charge in [0.1, 0.15) is 0 Å². The van der Waals surface area contributed by atoms with Gasteiger partial charge in [-0.05, 0) is 37.8 Å². The predicted octanol–water partition coefficient (Wildman–Crippen LogP) is 3.73. The van der Waals surface area contributed by atoms with Crippen molar-refractivity contribution in [3.63, 3.8) is 0 Å². The molecule has 0 heterocycles. The summed E-state index contributed by atoms with van der Waals surface area (Å²) in [5, 5.41) is 4.04. The molecule has 2 unspecified atom stereocenters. The van der Waals surface area contributed by atoms with Crippen LogP contribution in [-0.4, -0.2) is 32.5 Å². The molecular formula is C15H22ClNO2. The highest BCUT2D eigenvalue weighted by Crippen LogP contribution is 2.23. The van der Waals surface area contributed by atoms with Crippen molar-refractivity contribution in [3.8, 4) is 0 Å². The van der Waals surface area contributed by atoms with Gasteiger partial charge in [0.2, 0.25) is 0 Å². The normalized spacial score (nSPS) is 23.3. The first-order valence-electron chi connectivity index (χ1n) is 6.92. The molecule has 0 amide bonds. The summed E-state index contributed by atoms with van der Waals surface area (Å²) in [6.07, 6.45) is 5.23. The van der Waals surface area contributed by atoms with Gasteiger partial charge in [0.15, 0.2) is 0 Å². The maximum absolute atomic E-state index is 6.07. The Morgan fingerprint density at radius 1 is 1.26 bits per heavy atom. The van der Waals surface area contributed by atoms with Crippen LogP contribution in [0.1, 0.15) is 25.7 Å². The molecule has 1 aliphatic rings. The largest absolute Gasteiger partial charge is 0.382 e. The lowest BCUT2D eigenvalue weighted by atomic mass is 9.95. The number of hydrogen-bond acceptors (Lipinski definition) is 3. The minimum Gasteiger partial charge on any atom is -0.382 e. The first-order chi connectivity index (χ1) is 9.29. The summed E-state index contributed by atoms with van der Waals surface area (Å²) in [6, 6.07) is 7.76. The Balaban J connectivity index is 1.65.